The minimum absolute atomic E-state index is 0.176. The molecule has 15 heteroatoms. The SMILES string of the molecule is CS(=O)(=O)c1cc(C(=O)N(CC(=O)O)c2cnccc2-c2ccccc2OC(F)(F)F)cc(C(F)(F)F)c1. The Kier molecular flexibility index (Phi) is 7.72. The van der Waals surface area contributed by atoms with Crippen LogP contribution in [0.1, 0.15) is 15.9 Å². The Morgan fingerprint density at radius 2 is 1.66 bits per heavy atom. The summed E-state index contributed by atoms with van der Waals surface area (Å²) in [6, 6.07) is 7.12. The number of carboxylic acid groups (broad SMARTS) is 1. The number of ether oxygens (including phenoxy) is 1. The van der Waals surface area contributed by atoms with E-state index in [-0.39, 0.29) is 11.1 Å². The van der Waals surface area contributed by atoms with Crippen molar-refractivity contribution in [1.29, 1.82) is 0 Å². The van der Waals surface area contributed by atoms with Crippen LogP contribution in [0.25, 0.3) is 11.1 Å². The second kappa shape index (κ2) is 10.3. The molecule has 1 amide bonds. The molecule has 0 aliphatic heterocycles. The van der Waals surface area contributed by atoms with Crippen molar-refractivity contribution in [2.45, 2.75) is 17.4 Å². The lowest BCUT2D eigenvalue weighted by Crippen LogP contribution is -2.36. The number of alkyl halides is 6. The van der Waals surface area contributed by atoms with Gasteiger partial charge in [0.15, 0.2) is 9.84 Å². The number of nitrogens with zero attached hydrogens (tertiary/aromatic N) is 2. The number of aromatic nitrogens is 1. The molecule has 0 aliphatic rings. The lowest BCUT2D eigenvalue weighted by Gasteiger charge is -2.25. The van der Waals surface area contributed by atoms with E-state index in [9.17, 15) is 49.5 Å². The molecule has 0 fully saturated rings. The first-order valence-electron chi connectivity index (χ1n) is 10.2. The highest BCUT2D eigenvalue weighted by atomic mass is 32.2. The van der Waals surface area contributed by atoms with Crippen molar-refractivity contribution in [3.8, 4) is 16.9 Å². The number of anilines is 1. The number of amides is 1. The van der Waals surface area contributed by atoms with Gasteiger partial charge in [0.25, 0.3) is 5.91 Å². The topological polar surface area (TPSA) is 114 Å². The molecule has 1 aromatic heterocycles. The average molecular weight is 562 g/mol. The summed E-state index contributed by atoms with van der Waals surface area (Å²) in [6.45, 7) is -1.16. The molecule has 2 aromatic carbocycles. The zero-order valence-electron chi connectivity index (χ0n) is 19.0. The quantitative estimate of drug-likeness (QED) is 0.412. The minimum Gasteiger partial charge on any atom is -0.480 e. The van der Waals surface area contributed by atoms with Gasteiger partial charge in [0, 0.05) is 29.1 Å². The van der Waals surface area contributed by atoms with Gasteiger partial charge in [-0.1, -0.05) is 18.2 Å². The molecule has 0 atom stereocenters. The fraction of sp³-hybridized carbons (Fsp3) is 0.174. The van der Waals surface area contributed by atoms with Crippen molar-refractivity contribution in [3.05, 3.63) is 72.1 Å². The van der Waals surface area contributed by atoms with Crippen LogP contribution in [0.5, 0.6) is 5.75 Å². The van der Waals surface area contributed by atoms with Crippen molar-refractivity contribution in [2.75, 3.05) is 17.7 Å². The molecule has 3 rings (SSSR count). The smallest absolute Gasteiger partial charge is 0.480 e. The Balaban J connectivity index is 2.24. The van der Waals surface area contributed by atoms with Crippen LogP contribution in [0.15, 0.2) is 65.8 Å². The molecule has 38 heavy (non-hydrogen) atoms. The molecule has 0 saturated heterocycles. The van der Waals surface area contributed by atoms with Crippen molar-refractivity contribution < 1.29 is 54.2 Å². The highest BCUT2D eigenvalue weighted by Gasteiger charge is 2.35. The summed E-state index contributed by atoms with van der Waals surface area (Å²) in [4.78, 5) is 28.4. The van der Waals surface area contributed by atoms with E-state index in [1.807, 2.05) is 0 Å². The third-order valence-corrected chi connectivity index (χ3v) is 6.03. The zero-order chi connectivity index (χ0) is 28.5. The van der Waals surface area contributed by atoms with Crippen LogP contribution in [0.3, 0.4) is 0 Å². The summed E-state index contributed by atoms with van der Waals surface area (Å²) in [7, 11) is -4.25. The molecule has 1 heterocycles. The summed E-state index contributed by atoms with van der Waals surface area (Å²) in [5.41, 5.74) is -3.14. The first kappa shape index (κ1) is 28.4. The average Bonchev–Trinajstić information content (AvgIpc) is 2.80. The summed E-state index contributed by atoms with van der Waals surface area (Å²) in [6.07, 6.45) is -7.52. The molecule has 0 aliphatic carbocycles. The van der Waals surface area contributed by atoms with Gasteiger partial charge in [0.05, 0.1) is 22.3 Å². The molecule has 0 spiro atoms. The number of carbonyl (C=O) groups is 2. The normalized spacial score (nSPS) is 12.2. The Morgan fingerprint density at radius 3 is 2.24 bits per heavy atom. The van der Waals surface area contributed by atoms with E-state index in [4.69, 9.17) is 0 Å². The Bertz CT molecular complexity index is 1490. The van der Waals surface area contributed by atoms with Gasteiger partial charge in [-0.25, -0.2) is 8.42 Å². The number of rotatable bonds is 7. The molecule has 0 unspecified atom stereocenters. The number of para-hydroxylation sites is 1. The number of carboxylic acids is 1. The van der Waals surface area contributed by atoms with Crippen molar-refractivity contribution >= 4 is 27.4 Å². The van der Waals surface area contributed by atoms with E-state index >= 15 is 0 Å². The number of hydrogen-bond donors (Lipinski definition) is 1. The standard InChI is InChI=1S/C23H16F6N2O6S/c1-38(35,36)15-9-13(8-14(10-15)22(24,25)26)21(34)31(12-20(32)33)18-11-30-7-6-16(18)17-4-2-3-5-19(17)37-23(27,28)29/h2-11H,12H2,1H3,(H,32,33). The second-order valence-electron chi connectivity index (χ2n) is 7.74. The largest absolute Gasteiger partial charge is 0.573 e. The van der Waals surface area contributed by atoms with Gasteiger partial charge >= 0.3 is 18.5 Å². The number of aliphatic carboxylic acids is 1. The Hall–Kier alpha value is -4.14. The monoisotopic (exact) mass is 562 g/mol. The van der Waals surface area contributed by atoms with Gasteiger partial charge in [-0.15, -0.1) is 13.2 Å². The van der Waals surface area contributed by atoms with Crippen molar-refractivity contribution in [2.24, 2.45) is 0 Å². The van der Waals surface area contributed by atoms with Crippen molar-refractivity contribution in [3.63, 3.8) is 0 Å². The number of carbonyl (C=O) groups excluding carboxylic acids is 1. The van der Waals surface area contributed by atoms with Crippen LogP contribution < -0.4 is 9.64 Å². The molecule has 0 radical (unpaired) electrons. The van der Waals surface area contributed by atoms with Crippen LogP contribution in [0.2, 0.25) is 0 Å². The van der Waals surface area contributed by atoms with E-state index in [1.165, 1.54) is 18.2 Å². The van der Waals surface area contributed by atoms with Gasteiger partial charge in [0.2, 0.25) is 0 Å². The Morgan fingerprint density at radius 1 is 1.00 bits per heavy atom. The van der Waals surface area contributed by atoms with Crippen LogP contribution in [-0.4, -0.2) is 49.5 Å². The first-order valence-corrected chi connectivity index (χ1v) is 12.1. The van der Waals surface area contributed by atoms with E-state index in [0.29, 0.717) is 29.4 Å². The summed E-state index contributed by atoms with van der Waals surface area (Å²) >= 11 is 0. The number of sulfone groups is 1. The van der Waals surface area contributed by atoms with Gasteiger partial charge < -0.3 is 9.84 Å². The van der Waals surface area contributed by atoms with Gasteiger partial charge in [-0.3, -0.25) is 19.5 Å². The van der Waals surface area contributed by atoms with E-state index < -0.39 is 68.3 Å². The first-order chi connectivity index (χ1) is 17.5. The van der Waals surface area contributed by atoms with Crippen molar-refractivity contribution in [1.82, 2.24) is 4.98 Å². The zero-order valence-corrected chi connectivity index (χ0v) is 19.9. The maximum Gasteiger partial charge on any atom is 0.573 e. The molecule has 202 valence electrons. The van der Waals surface area contributed by atoms with Crippen LogP contribution >= 0.6 is 0 Å². The summed E-state index contributed by atoms with van der Waals surface area (Å²) < 4.78 is 107. The molecular weight excluding hydrogens is 546 g/mol. The second-order valence-corrected chi connectivity index (χ2v) is 9.75. The highest BCUT2D eigenvalue weighted by molar-refractivity contribution is 7.90. The van der Waals surface area contributed by atoms with Crippen LogP contribution in [-0.2, 0) is 20.8 Å². The number of halogens is 6. The van der Waals surface area contributed by atoms with Gasteiger partial charge in [-0.05, 0) is 30.3 Å². The summed E-state index contributed by atoms with van der Waals surface area (Å²) in [5.74, 6) is -3.73. The van der Waals surface area contributed by atoms with E-state index in [2.05, 4.69) is 9.72 Å². The number of pyridine rings is 1. The minimum atomic E-state index is -5.11. The lowest BCUT2D eigenvalue weighted by atomic mass is 10.0. The molecule has 3 aromatic rings. The number of hydrogen-bond acceptors (Lipinski definition) is 6. The predicted octanol–water partition coefficient (Wildman–Crippen LogP) is 4.80. The maximum atomic E-state index is 13.5. The Labute approximate surface area is 211 Å². The number of benzene rings is 2. The molecule has 0 saturated carbocycles. The lowest BCUT2D eigenvalue weighted by molar-refractivity contribution is -0.274. The third-order valence-electron chi connectivity index (χ3n) is 4.94. The fourth-order valence-electron chi connectivity index (χ4n) is 3.39. The molecular formula is C23H16F6N2O6S. The van der Waals surface area contributed by atoms with Gasteiger partial charge in [-0.2, -0.15) is 13.2 Å². The fourth-order valence-corrected chi connectivity index (χ4v) is 4.07. The molecule has 1 N–H and O–H groups in total. The molecule has 0 bridgehead atoms. The maximum absolute atomic E-state index is 13.5. The molecule has 8 nitrogen and oxygen atoms in total. The highest BCUT2D eigenvalue weighted by Crippen LogP contribution is 2.39. The predicted molar refractivity (Wildman–Crippen MR) is 120 cm³/mol. The van der Waals surface area contributed by atoms with Crippen LogP contribution in [0, 0.1) is 0 Å². The van der Waals surface area contributed by atoms with Crippen LogP contribution in [0.4, 0.5) is 32.0 Å². The van der Waals surface area contributed by atoms with Gasteiger partial charge in [0.1, 0.15) is 12.3 Å². The third kappa shape index (κ3) is 6.79. The van der Waals surface area contributed by atoms with E-state index in [1.54, 1.807) is 0 Å². The van der Waals surface area contributed by atoms with E-state index in [0.717, 1.165) is 24.5 Å². The summed E-state index contributed by atoms with van der Waals surface area (Å²) in [5, 5.41) is 9.41.